The molecule has 0 spiro atoms. The van der Waals surface area contributed by atoms with Gasteiger partial charge in [-0.05, 0) is 12.8 Å². The molecule has 0 fully saturated rings. The largest absolute Gasteiger partial charge is 0.390 e. The minimum absolute atomic E-state index is 0.0706. The monoisotopic (exact) mass is 128 g/mol. The first-order chi connectivity index (χ1) is 4.34. The number of allylic oxidation sites excluding steroid dienone is 1. The molecule has 1 aliphatic rings. The predicted molar refractivity (Wildman–Crippen MR) is 35.2 cm³/mol. The molecule has 2 atom stereocenters. The zero-order valence-electron chi connectivity index (χ0n) is 5.58. The Labute approximate surface area is 55.1 Å². The molecular formula is C7H12O2. The molecule has 2 unspecified atom stereocenters. The molecule has 0 aromatic rings. The summed E-state index contributed by atoms with van der Waals surface area (Å²) >= 11 is 0. The van der Waals surface area contributed by atoms with Gasteiger partial charge in [0.15, 0.2) is 0 Å². The van der Waals surface area contributed by atoms with Crippen LogP contribution in [0.1, 0.15) is 12.8 Å². The van der Waals surface area contributed by atoms with E-state index in [-0.39, 0.29) is 12.2 Å². The Balaban J connectivity index is 2.46. The highest BCUT2D eigenvalue weighted by Crippen LogP contribution is 2.13. The Bertz CT molecular complexity index is 109. The van der Waals surface area contributed by atoms with Crippen LogP contribution >= 0.6 is 0 Å². The van der Waals surface area contributed by atoms with Gasteiger partial charge in [0.25, 0.3) is 0 Å². The highest BCUT2D eigenvalue weighted by molar-refractivity contribution is 4.98. The lowest BCUT2D eigenvalue weighted by molar-refractivity contribution is 0.00887. The standard InChI is InChI=1S/C7H12O2/c1-9-7-5-3-2-4-6(7)8/h3,5-8H,2,4H2,1H3. The van der Waals surface area contributed by atoms with E-state index in [2.05, 4.69) is 0 Å². The maximum atomic E-state index is 9.19. The van der Waals surface area contributed by atoms with E-state index in [1.807, 2.05) is 12.2 Å². The van der Waals surface area contributed by atoms with Gasteiger partial charge in [-0.15, -0.1) is 0 Å². The van der Waals surface area contributed by atoms with E-state index in [0.717, 1.165) is 12.8 Å². The highest BCUT2D eigenvalue weighted by Gasteiger charge is 2.17. The van der Waals surface area contributed by atoms with Crippen LogP contribution in [0.2, 0.25) is 0 Å². The van der Waals surface area contributed by atoms with Crippen molar-refractivity contribution in [1.29, 1.82) is 0 Å². The molecule has 1 aliphatic carbocycles. The summed E-state index contributed by atoms with van der Waals surface area (Å²) in [7, 11) is 1.61. The van der Waals surface area contributed by atoms with Crippen LogP contribution in [0.3, 0.4) is 0 Å². The fraction of sp³-hybridized carbons (Fsp3) is 0.714. The topological polar surface area (TPSA) is 29.5 Å². The number of hydrogen-bond acceptors (Lipinski definition) is 2. The van der Waals surface area contributed by atoms with E-state index in [4.69, 9.17) is 4.74 Å². The molecule has 0 bridgehead atoms. The van der Waals surface area contributed by atoms with Gasteiger partial charge in [-0.3, -0.25) is 0 Å². The Morgan fingerprint density at radius 3 is 2.89 bits per heavy atom. The first-order valence-corrected chi connectivity index (χ1v) is 3.22. The molecular weight excluding hydrogens is 116 g/mol. The molecule has 0 aromatic carbocycles. The van der Waals surface area contributed by atoms with Crippen LogP contribution in [0.25, 0.3) is 0 Å². The van der Waals surface area contributed by atoms with Gasteiger partial charge in [0.1, 0.15) is 6.10 Å². The maximum absolute atomic E-state index is 9.19. The molecule has 2 nitrogen and oxygen atoms in total. The number of aliphatic hydroxyl groups is 1. The summed E-state index contributed by atoms with van der Waals surface area (Å²) in [5.41, 5.74) is 0. The van der Waals surface area contributed by atoms with E-state index in [0.29, 0.717) is 0 Å². The van der Waals surface area contributed by atoms with Crippen LogP contribution in [0, 0.1) is 0 Å². The van der Waals surface area contributed by atoms with Crippen LogP contribution in [0.15, 0.2) is 12.2 Å². The van der Waals surface area contributed by atoms with E-state index in [9.17, 15) is 5.11 Å². The van der Waals surface area contributed by atoms with Gasteiger partial charge in [-0.25, -0.2) is 0 Å². The average Bonchev–Trinajstić information content (AvgIpc) is 1.89. The summed E-state index contributed by atoms with van der Waals surface area (Å²) in [5, 5.41) is 9.19. The van der Waals surface area contributed by atoms with Crippen molar-refractivity contribution < 1.29 is 9.84 Å². The van der Waals surface area contributed by atoms with Gasteiger partial charge in [0.05, 0.1) is 6.10 Å². The summed E-state index contributed by atoms with van der Waals surface area (Å²) in [6, 6.07) is 0. The van der Waals surface area contributed by atoms with E-state index in [1.165, 1.54) is 0 Å². The van der Waals surface area contributed by atoms with E-state index in [1.54, 1.807) is 7.11 Å². The van der Waals surface area contributed by atoms with Crippen LogP contribution in [0.5, 0.6) is 0 Å². The lowest BCUT2D eigenvalue weighted by Crippen LogP contribution is -2.27. The number of ether oxygens (including phenoxy) is 1. The van der Waals surface area contributed by atoms with E-state index >= 15 is 0 Å². The van der Waals surface area contributed by atoms with Crippen molar-refractivity contribution in [2.45, 2.75) is 25.0 Å². The molecule has 2 heteroatoms. The molecule has 0 saturated heterocycles. The third kappa shape index (κ3) is 1.53. The molecule has 1 rings (SSSR count). The Morgan fingerprint density at radius 1 is 1.67 bits per heavy atom. The highest BCUT2D eigenvalue weighted by atomic mass is 16.5. The van der Waals surface area contributed by atoms with Crippen molar-refractivity contribution >= 4 is 0 Å². The van der Waals surface area contributed by atoms with Crippen molar-refractivity contribution in [3.63, 3.8) is 0 Å². The molecule has 0 radical (unpaired) electrons. The first-order valence-electron chi connectivity index (χ1n) is 3.22. The normalized spacial score (nSPS) is 34.9. The molecule has 0 amide bonds. The first kappa shape index (κ1) is 6.78. The average molecular weight is 128 g/mol. The molecule has 0 aromatic heterocycles. The van der Waals surface area contributed by atoms with Crippen molar-refractivity contribution in [3.8, 4) is 0 Å². The maximum Gasteiger partial charge on any atom is 0.101 e. The lowest BCUT2D eigenvalue weighted by atomic mass is 10.0. The van der Waals surface area contributed by atoms with E-state index < -0.39 is 0 Å². The third-order valence-electron chi connectivity index (χ3n) is 1.61. The fourth-order valence-corrected chi connectivity index (χ4v) is 1.03. The second-order valence-corrected chi connectivity index (χ2v) is 2.27. The van der Waals surface area contributed by atoms with Gasteiger partial charge < -0.3 is 9.84 Å². The number of aliphatic hydroxyl groups excluding tert-OH is 1. The third-order valence-corrected chi connectivity index (χ3v) is 1.61. The SMILES string of the molecule is COC1C=CCCC1O. The van der Waals surface area contributed by atoms with Gasteiger partial charge in [0.2, 0.25) is 0 Å². The lowest BCUT2D eigenvalue weighted by Gasteiger charge is -2.20. The quantitative estimate of drug-likeness (QED) is 0.527. The van der Waals surface area contributed by atoms with Crippen LogP contribution in [-0.2, 0) is 4.74 Å². The molecule has 9 heavy (non-hydrogen) atoms. The number of methoxy groups -OCH3 is 1. The molecule has 0 saturated carbocycles. The minimum atomic E-state index is -0.292. The van der Waals surface area contributed by atoms with Crippen molar-refractivity contribution in [1.82, 2.24) is 0 Å². The van der Waals surface area contributed by atoms with Crippen LogP contribution in [0.4, 0.5) is 0 Å². The van der Waals surface area contributed by atoms with Crippen LogP contribution < -0.4 is 0 Å². The summed E-state index contributed by atoms with van der Waals surface area (Å²) in [5.74, 6) is 0. The van der Waals surface area contributed by atoms with Gasteiger partial charge in [-0.2, -0.15) is 0 Å². The predicted octanol–water partition coefficient (Wildman–Crippen LogP) is 0.712. The zero-order chi connectivity index (χ0) is 6.69. The Kier molecular flexibility index (Phi) is 2.25. The number of hydrogen-bond donors (Lipinski definition) is 1. The molecule has 52 valence electrons. The summed E-state index contributed by atoms with van der Waals surface area (Å²) in [6.45, 7) is 0. The molecule has 0 heterocycles. The van der Waals surface area contributed by atoms with Gasteiger partial charge >= 0.3 is 0 Å². The van der Waals surface area contributed by atoms with Crippen molar-refractivity contribution in [3.05, 3.63) is 12.2 Å². The summed E-state index contributed by atoms with van der Waals surface area (Å²) < 4.78 is 4.97. The summed E-state index contributed by atoms with van der Waals surface area (Å²) in [4.78, 5) is 0. The van der Waals surface area contributed by atoms with Crippen molar-refractivity contribution in [2.75, 3.05) is 7.11 Å². The second-order valence-electron chi connectivity index (χ2n) is 2.27. The smallest absolute Gasteiger partial charge is 0.101 e. The van der Waals surface area contributed by atoms with Crippen molar-refractivity contribution in [2.24, 2.45) is 0 Å². The number of rotatable bonds is 1. The Morgan fingerprint density at radius 2 is 2.44 bits per heavy atom. The van der Waals surface area contributed by atoms with Gasteiger partial charge in [-0.1, -0.05) is 12.2 Å². The molecule has 1 N–H and O–H groups in total. The summed E-state index contributed by atoms with van der Waals surface area (Å²) in [6.07, 6.45) is 5.39. The minimum Gasteiger partial charge on any atom is -0.390 e. The van der Waals surface area contributed by atoms with Crippen LogP contribution in [-0.4, -0.2) is 24.4 Å². The second kappa shape index (κ2) is 2.99. The zero-order valence-corrected chi connectivity index (χ0v) is 5.58. The molecule has 0 aliphatic heterocycles. The Hall–Kier alpha value is -0.340. The fourth-order valence-electron chi connectivity index (χ4n) is 1.03. The van der Waals surface area contributed by atoms with Gasteiger partial charge in [0, 0.05) is 7.11 Å².